The first kappa shape index (κ1) is 33.1. The number of rotatable bonds is 21. The average Bonchev–Trinajstić information content (AvgIpc) is 3.31. The second-order valence-electron chi connectivity index (χ2n) is 10.3. The van der Waals surface area contributed by atoms with Crippen molar-refractivity contribution < 1.29 is 24.2 Å². The van der Waals surface area contributed by atoms with Gasteiger partial charge in [-0.1, -0.05) is 89.8 Å². The molecule has 2 N–H and O–H groups in total. The quantitative estimate of drug-likeness (QED) is 0.0869. The Morgan fingerprint density at radius 1 is 0.974 bits per heavy atom. The summed E-state index contributed by atoms with van der Waals surface area (Å²) >= 11 is 2.59. The Labute approximate surface area is 241 Å². The minimum absolute atomic E-state index is 0.0576. The highest BCUT2D eigenvalue weighted by Gasteiger charge is 2.17. The number of unbranched alkanes of at least 4 members (excludes halogenated alkanes) is 8. The molecule has 0 aliphatic carbocycles. The van der Waals surface area contributed by atoms with Gasteiger partial charge in [-0.25, -0.2) is 4.98 Å². The van der Waals surface area contributed by atoms with Crippen LogP contribution in [-0.4, -0.2) is 39.8 Å². The number of esters is 1. The number of aromatic nitrogens is 1. The molecule has 1 aromatic carbocycles. The van der Waals surface area contributed by atoms with Gasteiger partial charge < -0.3 is 15.2 Å². The first-order valence-electron chi connectivity index (χ1n) is 14.6. The van der Waals surface area contributed by atoms with Crippen molar-refractivity contribution >= 4 is 56.8 Å². The number of thioether (sulfide) groups is 1. The lowest BCUT2D eigenvalue weighted by molar-refractivity contribution is -0.146. The van der Waals surface area contributed by atoms with Gasteiger partial charge in [-0.05, 0) is 43.9 Å². The van der Waals surface area contributed by atoms with Gasteiger partial charge in [0.05, 0.1) is 23.2 Å². The predicted molar refractivity (Wildman–Crippen MR) is 162 cm³/mol. The van der Waals surface area contributed by atoms with E-state index in [1.165, 1.54) is 87.3 Å². The number of hydrogen-bond donors (Lipinski definition) is 2. The largest absolute Gasteiger partial charge is 0.480 e. The number of hydrogen-bond acceptors (Lipinski definition) is 7. The molecule has 7 nitrogen and oxygen atoms in total. The van der Waals surface area contributed by atoms with Gasteiger partial charge in [0, 0.05) is 12.1 Å². The highest BCUT2D eigenvalue weighted by atomic mass is 32.2. The number of nitrogens with zero attached hydrogens (tertiary/aromatic N) is 1. The van der Waals surface area contributed by atoms with Crippen LogP contribution in [0, 0.1) is 5.92 Å². The summed E-state index contributed by atoms with van der Waals surface area (Å²) in [4.78, 5) is 40.4. The number of benzene rings is 1. The lowest BCUT2D eigenvalue weighted by Crippen LogP contribution is -2.17. The molecule has 0 aliphatic heterocycles. The van der Waals surface area contributed by atoms with Gasteiger partial charge in [-0.3, -0.25) is 14.4 Å². The molecule has 0 radical (unpaired) electrons. The second kappa shape index (κ2) is 19.0. The third-order valence-electron chi connectivity index (χ3n) is 6.75. The van der Waals surface area contributed by atoms with Crippen LogP contribution in [-0.2, 0) is 19.1 Å². The normalized spacial score (nSPS) is 12.8. The zero-order valence-corrected chi connectivity index (χ0v) is 25.5. The number of anilines is 1. The van der Waals surface area contributed by atoms with Gasteiger partial charge >= 0.3 is 11.9 Å². The molecule has 9 heteroatoms. The van der Waals surface area contributed by atoms with Crippen LogP contribution in [0.1, 0.15) is 111 Å². The Balaban J connectivity index is 1.76. The van der Waals surface area contributed by atoms with Crippen molar-refractivity contribution in [3.05, 3.63) is 18.2 Å². The monoisotopic (exact) mass is 578 g/mol. The van der Waals surface area contributed by atoms with E-state index in [2.05, 4.69) is 24.1 Å². The maximum atomic E-state index is 12.5. The van der Waals surface area contributed by atoms with Crippen molar-refractivity contribution in [1.29, 1.82) is 0 Å². The summed E-state index contributed by atoms with van der Waals surface area (Å²) in [6.07, 6.45) is 14.8. The summed E-state index contributed by atoms with van der Waals surface area (Å²) in [7, 11) is 0. The van der Waals surface area contributed by atoms with E-state index in [0.29, 0.717) is 22.6 Å². The third-order valence-corrected chi connectivity index (χ3v) is 8.95. The van der Waals surface area contributed by atoms with E-state index in [4.69, 9.17) is 9.84 Å². The van der Waals surface area contributed by atoms with Crippen LogP contribution in [0.15, 0.2) is 22.5 Å². The van der Waals surface area contributed by atoms with E-state index in [-0.39, 0.29) is 24.7 Å². The summed E-state index contributed by atoms with van der Waals surface area (Å²) < 4.78 is 7.13. The lowest BCUT2D eigenvalue weighted by atomic mass is 9.95. The van der Waals surface area contributed by atoms with Crippen molar-refractivity contribution in [2.24, 2.45) is 5.92 Å². The van der Waals surface area contributed by atoms with Gasteiger partial charge in [0.15, 0.2) is 4.34 Å². The van der Waals surface area contributed by atoms with Gasteiger partial charge in [0.1, 0.15) is 5.25 Å². The highest BCUT2D eigenvalue weighted by molar-refractivity contribution is 8.02. The van der Waals surface area contributed by atoms with Gasteiger partial charge in [-0.15, -0.1) is 11.3 Å². The number of carboxylic acids is 1. The number of amides is 1. The minimum Gasteiger partial charge on any atom is -0.480 e. The standard InChI is InChI=1S/C30H46N2O5S2/c1-4-6-8-10-11-13-15-23(14-12-9-7-5-2)21-37-28(34)19-18-27(33)31-24-16-17-25-26(20-24)39-30(32-25)38-22(3)29(35)36/h16-17,20,22-23H,4-15,18-19,21H2,1-3H3,(H,31,33)(H,35,36). The zero-order valence-electron chi connectivity index (χ0n) is 23.8. The van der Waals surface area contributed by atoms with Crippen LogP contribution >= 0.6 is 23.1 Å². The Hall–Kier alpha value is -2.13. The van der Waals surface area contributed by atoms with Gasteiger partial charge in [0.25, 0.3) is 0 Å². The van der Waals surface area contributed by atoms with Crippen LogP contribution in [0.4, 0.5) is 5.69 Å². The number of thiazole rings is 1. The number of fused-ring (bicyclic) bond motifs is 1. The van der Waals surface area contributed by atoms with Crippen molar-refractivity contribution in [1.82, 2.24) is 4.98 Å². The number of nitrogens with one attached hydrogen (secondary N) is 1. The molecule has 1 aromatic heterocycles. The molecule has 2 rings (SSSR count). The fourth-order valence-corrected chi connectivity index (χ4v) is 6.52. The molecule has 0 fully saturated rings. The lowest BCUT2D eigenvalue weighted by Gasteiger charge is -2.17. The van der Waals surface area contributed by atoms with Crippen molar-refractivity contribution in [2.45, 2.75) is 120 Å². The average molecular weight is 579 g/mol. The highest BCUT2D eigenvalue weighted by Crippen LogP contribution is 2.33. The van der Waals surface area contributed by atoms with E-state index < -0.39 is 11.2 Å². The number of aliphatic carboxylic acids is 1. The molecular weight excluding hydrogens is 532 g/mol. The number of carboxylic acid groups (broad SMARTS) is 1. The molecule has 0 saturated carbocycles. The molecule has 1 heterocycles. The van der Waals surface area contributed by atoms with E-state index in [1.54, 1.807) is 19.1 Å². The molecule has 0 saturated heterocycles. The Kier molecular flexibility index (Phi) is 16.1. The summed E-state index contributed by atoms with van der Waals surface area (Å²) in [5.74, 6) is -1.04. The Morgan fingerprint density at radius 3 is 2.28 bits per heavy atom. The molecule has 0 spiro atoms. The molecule has 2 unspecified atom stereocenters. The molecule has 2 aromatic rings. The van der Waals surface area contributed by atoms with Crippen molar-refractivity contribution in [3.8, 4) is 0 Å². The van der Waals surface area contributed by atoms with Crippen molar-refractivity contribution in [2.75, 3.05) is 11.9 Å². The van der Waals surface area contributed by atoms with Crippen LogP contribution < -0.4 is 5.32 Å². The van der Waals surface area contributed by atoms with Gasteiger partial charge in [-0.2, -0.15) is 0 Å². The molecule has 0 aliphatic rings. The SMILES string of the molecule is CCCCCCCCC(CCCCCC)COC(=O)CCC(=O)Nc1ccc2nc(SC(C)C(=O)O)sc2c1. The maximum absolute atomic E-state index is 12.5. The Morgan fingerprint density at radius 2 is 1.62 bits per heavy atom. The molecule has 1 amide bonds. The van der Waals surface area contributed by atoms with E-state index in [0.717, 1.165) is 23.1 Å². The predicted octanol–water partition coefficient (Wildman–Crippen LogP) is 8.46. The molecule has 0 bridgehead atoms. The summed E-state index contributed by atoms with van der Waals surface area (Å²) in [5, 5.41) is 11.4. The second-order valence-corrected chi connectivity index (χ2v) is 12.9. The minimum atomic E-state index is -0.883. The fraction of sp³-hybridized carbons (Fsp3) is 0.667. The first-order chi connectivity index (χ1) is 18.8. The molecule has 39 heavy (non-hydrogen) atoms. The van der Waals surface area contributed by atoms with Crippen molar-refractivity contribution in [3.63, 3.8) is 0 Å². The Bertz CT molecular complexity index is 1030. The van der Waals surface area contributed by atoms with E-state index in [1.807, 2.05) is 6.07 Å². The molecule has 2 atom stereocenters. The fourth-order valence-electron chi connectivity index (χ4n) is 4.34. The summed E-state index contributed by atoms with van der Waals surface area (Å²) in [5.41, 5.74) is 1.38. The summed E-state index contributed by atoms with van der Waals surface area (Å²) in [6.45, 7) is 6.52. The van der Waals surface area contributed by atoms with Crippen LogP contribution in [0.25, 0.3) is 10.2 Å². The smallest absolute Gasteiger partial charge is 0.316 e. The zero-order chi connectivity index (χ0) is 28.5. The molecular formula is C30H46N2O5S2. The summed E-state index contributed by atoms with van der Waals surface area (Å²) in [6, 6.07) is 5.39. The number of carbonyl (C=O) groups is 3. The molecule has 218 valence electrons. The number of ether oxygens (including phenoxy) is 1. The number of carbonyl (C=O) groups excluding carboxylic acids is 2. The van der Waals surface area contributed by atoms with E-state index >= 15 is 0 Å². The maximum Gasteiger partial charge on any atom is 0.316 e. The van der Waals surface area contributed by atoms with E-state index in [9.17, 15) is 14.4 Å². The third kappa shape index (κ3) is 13.7. The van der Waals surface area contributed by atoms with Gasteiger partial charge in [0.2, 0.25) is 5.91 Å². The van der Waals surface area contributed by atoms with Crippen LogP contribution in [0.2, 0.25) is 0 Å². The first-order valence-corrected chi connectivity index (χ1v) is 16.3. The van der Waals surface area contributed by atoms with Crippen LogP contribution in [0.5, 0.6) is 0 Å². The topological polar surface area (TPSA) is 106 Å². The van der Waals surface area contributed by atoms with Crippen LogP contribution in [0.3, 0.4) is 0 Å².